The van der Waals surface area contributed by atoms with Gasteiger partial charge in [0.15, 0.2) is 0 Å². The Balaban J connectivity index is 3.21. The number of nitrogen functional groups attached to an aromatic ring is 1. The number of rotatable bonds is 2. The predicted octanol–water partition coefficient (Wildman–Crippen LogP) is -0.428. The average Bonchev–Trinajstić information content (AvgIpc) is 2.05. The maximum Gasteiger partial charge on any atom is 0.240 e. The second kappa shape index (κ2) is 3.08. The van der Waals surface area contributed by atoms with Crippen LogP contribution in [-0.2, 0) is 10.0 Å². The summed E-state index contributed by atoms with van der Waals surface area (Å²) in [4.78, 5) is 3.80. The maximum absolute atomic E-state index is 11.2. The number of nitrogens with zero attached hydrogens (tertiary/aromatic N) is 1. The molecular formula is C6H9N3O2S. The molecule has 0 atom stereocenters. The van der Waals surface area contributed by atoms with Crippen molar-refractivity contribution < 1.29 is 8.42 Å². The van der Waals surface area contributed by atoms with E-state index in [9.17, 15) is 8.42 Å². The Morgan fingerprint density at radius 1 is 1.58 bits per heavy atom. The van der Waals surface area contributed by atoms with Crippen molar-refractivity contribution in [2.75, 3.05) is 12.8 Å². The Kier molecular flexibility index (Phi) is 2.30. The SMILES string of the molecule is CNS(=O)(=O)c1ccnc(N)c1. The quantitative estimate of drug-likeness (QED) is 0.658. The first-order valence-electron chi connectivity index (χ1n) is 3.21. The van der Waals surface area contributed by atoms with Crippen molar-refractivity contribution in [3.63, 3.8) is 0 Å². The van der Waals surface area contributed by atoms with Gasteiger partial charge in [0.1, 0.15) is 5.82 Å². The molecule has 1 rings (SSSR count). The number of nitrogens with two attached hydrogens (primary N) is 1. The molecule has 1 aromatic heterocycles. The van der Waals surface area contributed by atoms with Crippen molar-refractivity contribution in [1.82, 2.24) is 9.71 Å². The first-order valence-corrected chi connectivity index (χ1v) is 4.69. The first kappa shape index (κ1) is 8.95. The Hall–Kier alpha value is -1.14. The van der Waals surface area contributed by atoms with E-state index in [4.69, 9.17) is 5.73 Å². The van der Waals surface area contributed by atoms with Crippen molar-refractivity contribution in [3.05, 3.63) is 18.3 Å². The summed E-state index contributed by atoms with van der Waals surface area (Å²) in [5.41, 5.74) is 5.31. The van der Waals surface area contributed by atoms with E-state index in [1.807, 2.05) is 0 Å². The number of pyridine rings is 1. The van der Waals surface area contributed by atoms with Crippen molar-refractivity contribution in [2.45, 2.75) is 4.90 Å². The fourth-order valence-electron chi connectivity index (χ4n) is 0.713. The van der Waals surface area contributed by atoms with Gasteiger partial charge in [-0.15, -0.1) is 0 Å². The predicted molar refractivity (Wildman–Crippen MR) is 44.9 cm³/mol. The van der Waals surface area contributed by atoms with Crippen LogP contribution in [0.15, 0.2) is 23.2 Å². The molecule has 0 bridgehead atoms. The minimum atomic E-state index is -3.39. The third-order valence-corrected chi connectivity index (χ3v) is 2.74. The third kappa shape index (κ3) is 1.72. The van der Waals surface area contributed by atoms with Gasteiger partial charge in [-0.1, -0.05) is 0 Å². The highest BCUT2D eigenvalue weighted by Gasteiger charge is 2.10. The van der Waals surface area contributed by atoms with Crippen LogP contribution < -0.4 is 10.5 Å². The van der Waals surface area contributed by atoms with Crippen LogP contribution in [0.1, 0.15) is 0 Å². The van der Waals surface area contributed by atoms with Gasteiger partial charge >= 0.3 is 0 Å². The summed E-state index contributed by atoms with van der Waals surface area (Å²) in [6.07, 6.45) is 1.35. The number of aromatic nitrogens is 1. The molecule has 0 saturated heterocycles. The van der Waals surface area contributed by atoms with E-state index in [1.165, 1.54) is 25.4 Å². The lowest BCUT2D eigenvalue weighted by atomic mass is 10.5. The zero-order valence-corrected chi connectivity index (χ0v) is 7.30. The van der Waals surface area contributed by atoms with Gasteiger partial charge < -0.3 is 5.73 Å². The summed E-state index contributed by atoms with van der Waals surface area (Å²) in [5, 5.41) is 0. The highest BCUT2D eigenvalue weighted by Crippen LogP contribution is 2.08. The molecule has 0 aliphatic heterocycles. The minimum absolute atomic E-state index is 0.123. The Labute approximate surface area is 70.7 Å². The van der Waals surface area contributed by atoms with Gasteiger partial charge in [0, 0.05) is 12.3 Å². The second-order valence-corrected chi connectivity index (χ2v) is 4.01. The van der Waals surface area contributed by atoms with E-state index >= 15 is 0 Å². The fraction of sp³-hybridized carbons (Fsp3) is 0.167. The summed E-state index contributed by atoms with van der Waals surface area (Å²) in [7, 11) is -2.05. The fourth-order valence-corrected chi connectivity index (χ4v) is 1.46. The molecule has 6 heteroatoms. The molecule has 3 N–H and O–H groups in total. The van der Waals surface area contributed by atoms with E-state index in [0.29, 0.717) is 0 Å². The molecule has 1 heterocycles. The van der Waals surface area contributed by atoms with Crippen LogP contribution >= 0.6 is 0 Å². The number of hydrogen-bond acceptors (Lipinski definition) is 4. The maximum atomic E-state index is 11.2. The standard InChI is InChI=1S/C6H9N3O2S/c1-8-12(10,11)5-2-3-9-6(7)4-5/h2-4,8H,1H3,(H2,7,9). The number of sulfonamides is 1. The van der Waals surface area contributed by atoms with Crippen molar-refractivity contribution in [1.29, 1.82) is 0 Å². The van der Waals surface area contributed by atoms with Gasteiger partial charge in [0.2, 0.25) is 10.0 Å². The molecule has 0 amide bonds. The molecule has 0 aromatic carbocycles. The zero-order valence-electron chi connectivity index (χ0n) is 6.48. The number of anilines is 1. The number of hydrogen-bond donors (Lipinski definition) is 2. The summed E-state index contributed by atoms with van der Waals surface area (Å²) >= 11 is 0. The molecular weight excluding hydrogens is 178 g/mol. The second-order valence-electron chi connectivity index (χ2n) is 2.12. The summed E-state index contributed by atoms with van der Waals surface area (Å²) < 4.78 is 24.5. The molecule has 12 heavy (non-hydrogen) atoms. The molecule has 0 spiro atoms. The van der Waals surface area contributed by atoms with E-state index in [-0.39, 0.29) is 10.7 Å². The summed E-state index contributed by atoms with van der Waals surface area (Å²) in [5.74, 6) is 0.186. The van der Waals surface area contributed by atoms with Gasteiger partial charge in [0.05, 0.1) is 4.90 Å². The zero-order chi connectivity index (χ0) is 9.19. The van der Waals surface area contributed by atoms with Gasteiger partial charge in [0.25, 0.3) is 0 Å². The Morgan fingerprint density at radius 2 is 2.25 bits per heavy atom. The first-order chi connectivity index (χ1) is 5.56. The van der Waals surface area contributed by atoms with Gasteiger partial charge in [-0.25, -0.2) is 18.1 Å². The lowest BCUT2D eigenvalue weighted by Crippen LogP contribution is -2.18. The molecule has 5 nitrogen and oxygen atoms in total. The van der Waals surface area contributed by atoms with E-state index in [1.54, 1.807) is 0 Å². The molecule has 0 radical (unpaired) electrons. The topological polar surface area (TPSA) is 85.1 Å². The van der Waals surface area contributed by atoms with Crippen LogP contribution in [0.4, 0.5) is 5.82 Å². The molecule has 0 aliphatic rings. The Bertz CT molecular complexity index is 374. The van der Waals surface area contributed by atoms with Gasteiger partial charge in [-0.2, -0.15) is 0 Å². The largest absolute Gasteiger partial charge is 0.384 e. The smallest absolute Gasteiger partial charge is 0.240 e. The molecule has 1 aromatic rings. The number of nitrogens with one attached hydrogen (secondary N) is 1. The van der Waals surface area contributed by atoms with Crippen molar-refractivity contribution in [3.8, 4) is 0 Å². The van der Waals surface area contributed by atoms with Crippen LogP contribution in [0.25, 0.3) is 0 Å². The van der Waals surface area contributed by atoms with Crippen molar-refractivity contribution in [2.24, 2.45) is 0 Å². The van der Waals surface area contributed by atoms with Crippen LogP contribution in [0.5, 0.6) is 0 Å². The van der Waals surface area contributed by atoms with Crippen LogP contribution in [0.3, 0.4) is 0 Å². The summed E-state index contributed by atoms with van der Waals surface area (Å²) in [6.45, 7) is 0. The van der Waals surface area contributed by atoms with Gasteiger partial charge in [-0.3, -0.25) is 0 Å². The van der Waals surface area contributed by atoms with Crippen LogP contribution in [0.2, 0.25) is 0 Å². The third-order valence-electron chi connectivity index (χ3n) is 1.33. The monoisotopic (exact) mass is 187 g/mol. The van der Waals surface area contributed by atoms with E-state index in [2.05, 4.69) is 9.71 Å². The lowest BCUT2D eigenvalue weighted by molar-refractivity contribution is 0.588. The van der Waals surface area contributed by atoms with E-state index in [0.717, 1.165) is 0 Å². The molecule has 0 saturated carbocycles. The van der Waals surface area contributed by atoms with Crippen LogP contribution in [0, 0.1) is 0 Å². The molecule has 0 aliphatic carbocycles. The molecule has 0 fully saturated rings. The summed E-state index contributed by atoms with van der Waals surface area (Å²) in [6, 6.07) is 2.67. The van der Waals surface area contributed by atoms with E-state index < -0.39 is 10.0 Å². The van der Waals surface area contributed by atoms with Crippen molar-refractivity contribution >= 4 is 15.8 Å². The molecule has 0 unspecified atom stereocenters. The highest BCUT2D eigenvalue weighted by atomic mass is 32.2. The average molecular weight is 187 g/mol. The van der Waals surface area contributed by atoms with Crippen LogP contribution in [-0.4, -0.2) is 20.4 Å². The van der Waals surface area contributed by atoms with Gasteiger partial charge in [-0.05, 0) is 13.1 Å². The molecule has 66 valence electrons. The normalized spacial score (nSPS) is 11.4. The lowest BCUT2D eigenvalue weighted by Gasteiger charge is -2.01. The highest BCUT2D eigenvalue weighted by molar-refractivity contribution is 7.89. The minimum Gasteiger partial charge on any atom is -0.384 e. The Morgan fingerprint density at radius 3 is 2.75 bits per heavy atom.